The molecule has 0 aliphatic rings. The fourth-order valence-corrected chi connectivity index (χ4v) is 0.671. The Kier molecular flexibility index (Phi) is 34.5. The van der Waals surface area contributed by atoms with Gasteiger partial charge >= 0.3 is 25.7 Å². The van der Waals surface area contributed by atoms with Gasteiger partial charge in [-0.25, -0.2) is 0 Å². The first-order valence-electron chi connectivity index (χ1n) is 4.77. The van der Waals surface area contributed by atoms with E-state index < -0.39 is 19.1 Å². The molecule has 9 heteroatoms. The molecule has 0 fully saturated rings. The molecular formula is C8H18O7PdTi. The van der Waals surface area contributed by atoms with Gasteiger partial charge in [0.15, 0.2) is 0 Å². The Labute approximate surface area is 123 Å². The summed E-state index contributed by atoms with van der Waals surface area (Å²) >= 11 is -2.00. The Morgan fingerprint density at radius 3 is 1.18 bits per heavy atom. The first-order valence-corrected chi connectivity index (χ1v) is 6.05. The molecule has 0 atom stereocenters. The van der Waals surface area contributed by atoms with Crippen LogP contribution in [0.3, 0.4) is 0 Å². The molecule has 0 spiro atoms. The van der Waals surface area contributed by atoms with Gasteiger partial charge < -0.3 is 24.4 Å². The van der Waals surface area contributed by atoms with Crippen LogP contribution >= 0.6 is 0 Å². The van der Waals surface area contributed by atoms with Crippen molar-refractivity contribution < 1.29 is 70.6 Å². The van der Waals surface area contributed by atoms with Crippen LogP contribution in [0.2, 0.25) is 0 Å². The van der Waals surface area contributed by atoms with Crippen molar-refractivity contribution >= 4 is 0 Å². The third kappa shape index (κ3) is 31.5. The summed E-state index contributed by atoms with van der Waals surface area (Å²) in [4.78, 5) is 0. The van der Waals surface area contributed by atoms with Crippen molar-refractivity contribution in [3.05, 3.63) is 0 Å². The maximum absolute atomic E-state index is 8.50. The topological polar surface area (TPSA) is 102 Å². The summed E-state index contributed by atoms with van der Waals surface area (Å²) in [6.07, 6.45) is 0. The second-order valence-corrected chi connectivity index (χ2v) is 2.63. The minimum absolute atomic E-state index is 0. The van der Waals surface area contributed by atoms with E-state index in [1.807, 2.05) is 0 Å². The number of aliphatic hydroxyl groups is 2. The van der Waals surface area contributed by atoms with Crippen LogP contribution in [0.25, 0.3) is 0 Å². The second kappa shape index (κ2) is 25.6. The minimum atomic E-state index is -2.00. The van der Waals surface area contributed by atoms with Crippen molar-refractivity contribution in [1.82, 2.24) is 0 Å². The van der Waals surface area contributed by atoms with E-state index in [9.17, 15) is 0 Å². The summed E-state index contributed by atoms with van der Waals surface area (Å²) in [5.41, 5.74) is 0. The number of hydrogen-bond donors (Lipinski definition) is 2. The smallest absolute Gasteiger partial charge is 0 e. The molecule has 0 radical (unpaired) electrons. The second-order valence-electron chi connectivity index (χ2n) is 2.37. The Morgan fingerprint density at radius 2 is 0.941 bits per heavy atom. The van der Waals surface area contributed by atoms with E-state index in [1.54, 1.807) is 0 Å². The molecule has 0 amide bonds. The van der Waals surface area contributed by atoms with Gasteiger partial charge in [0.25, 0.3) is 0 Å². The maximum Gasteiger partial charge on any atom is 0 e. The fourth-order valence-electron chi connectivity index (χ4n) is 0.671. The monoisotopic (exact) mass is 380 g/mol. The van der Waals surface area contributed by atoms with Gasteiger partial charge in [-0.2, -0.15) is 0 Å². The summed E-state index contributed by atoms with van der Waals surface area (Å²) in [5.74, 6) is 0. The molecule has 7 nitrogen and oxygen atoms in total. The molecule has 0 saturated heterocycles. The molecule has 0 heterocycles. The molecule has 0 saturated carbocycles. The van der Waals surface area contributed by atoms with E-state index in [4.69, 9.17) is 31.1 Å². The first kappa shape index (κ1) is 22.9. The summed E-state index contributed by atoms with van der Waals surface area (Å²) in [6, 6.07) is 0. The van der Waals surface area contributed by atoms with Gasteiger partial charge in [0, 0.05) is 20.4 Å². The van der Waals surface area contributed by atoms with Crippen molar-refractivity contribution in [2.45, 2.75) is 0 Å². The molecule has 0 aliphatic heterocycles. The van der Waals surface area contributed by atoms with E-state index in [-0.39, 0.29) is 33.6 Å². The van der Waals surface area contributed by atoms with Gasteiger partial charge in [0.05, 0.1) is 52.9 Å². The fraction of sp³-hybridized carbons (Fsp3) is 1.00. The van der Waals surface area contributed by atoms with Crippen LogP contribution in [0, 0.1) is 0 Å². The summed E-state index contributed by atoms with van der Waals surface area (Å²) in [7, 11) is 0. The predicted octanol–water partition coefficient (Wildman–Crippen LogP) is -1.22. The molecule has 0 rings (SSSR count). The van der Waals surface area contributed by atoms with Crippen LogP contribution in [0.15, 0.2) is 0 Å². The van der Waals surface area contributed by atoms with E-state index in [0.717, 1.165) is 0 Å². The summed E-state index contributed by atoms with van der Waals surface area (Å²) in [6.45, 7) is 2.76. The Balaban J connectivity index is -0.000000440. The van der Waals surface area contributed by atoms with Crippen molar-refractivity contribution in [3.63, 3.8) is 0 Å². The number of ether oxygens (including phenoxy) is 3. The molecule has 106 valence electrons. The third-order valence-electron chi connectivity index (χ3n) is 1.22. The number of aliphatic hydroxyl groups excluding tert-OH is 2. The van der Waals surface area contributed by atoms with Crippen molar-refractivity contribution in [2.24, 2.45) is 0 Å². The van der Waals surface area contributed by atoms with Gasteiger partial charge in [-0.3, -0.25) is 0 Å². The zero-order valence-electron chi connectivity index (χ0n) is 9.41. The standard InChI is InChI=1S/C8H18O5.2O.Pd.Ti/c9-1-3-11-5-7-13-8-6-12-4-2-10;;;;/h9-10H,1-8H2;;;;. The molecule has 0 aliphatic carbocycles. The summed E-state index contributed by atoms with van der Waals surface area (Å²) < 4.78 is 32.0. The molecule has 0 unspecified atom stereocenters. The van der Waals surface area contributed by atoms with Gasteiger partial charge in [0.2, 0.25) is 0 Å². The molecular weight excluding hydrogens is 362 g/mol. The minimum Gasteiger partial charge on any atom is 0 e. The van der Waals surface area contributed by atoms with E-state index in [2.05, 4.69) is 0 Å². The molecule has 0 aromatic heterocycles. The van der Waals surface area contributed by atoms with Crippen LogP contribution < -0.4 is 0 Å². The van der Waals surface area contributed by atoms with Gasteiger partial charge in [-0.1, -0.05) is 0 Å². The number of rotatable bonds is 10. The molecule has 0 bridgehead atoms. The van der Waals surface area contributed by atoms with Crippen molar-refractivity contribution in [3.8, 4) is 0 Å². The average Bonchev–Trinajstić information content (AvgIpc) is 2.28. The summed E-state index contributed by atoms with van der Waals surface area (Å²) in [5, 5.41) is 16.7. The Morgan fingerprint density at radius 1 is 0.706 bits per heavy atom. The normalized spacial score (nSPS) is 8.59. The average molecular weight is 381 g/mol. The third-order valence-corrected chi connectivity index (χ3v) is 1.22. The Bertz CT molecular complexity index is 145. The first-order chi connectivity index (χ1) is 7.83. The Hall–Kier alpha value is 0.777. The van der Waals surface area contributed by atoms with Gasteiger partial charge in [0.1, 0.15) is 0 Å². The van der Waals surface area contributed by atoms with Crippen LogP contribution in [0.1, 0.15) is 0 Å². The van der Waals surface area contributed by atoms with Gasteiger partial charge in [-0.05, 0) is 0 Å². The van der Waals surface area contributed by atoms with Crippen molar-refractivity contribution in [1.29, 1.82) is 0 Å². The van der Waals surface area contributed by atoms with Gasteiger partial charge in [-0.15, -0.1) is 0 Å². The molecule has 17 heavy (non-hydrogen) atoms. The maximum atomic E-state index is 8.50. The quantitative estimate of drug-likeness (QED) is 0.362. The zero-order chi connectivity index (χ0) is 12.5. The largest absolute Gasteiger partial charge is 0 e. The zero-order valence-corrected chi connectivity index (χ0v) is 12.5. The van der Waals surface area contributed by atoms with E-state index in [1.165, 1.54) is 0 Å². The van der Waals surface area contributed by atoms with Crippen LogP contribution in [-0.2, 0) is 60.4 Å². The SMILES string of the molecule is OCCOCCOCCOCCO.[O]=[Ti]=[O].[Pd]. The van der Waals surface area contributed by atoms with Crippen molar-refractivity contribution in [2.75, 3.05) is 52.9 Å². The molecule has 0 aromatic carbocycles. The van der Waals surface area contributed by atoms with Crippen LogP contribution in [0.5, 0.6) is 0 Å². The van der Waals surface area contributed by atoms with E-state index >= 15 is 0 Å². The van der Waals surface area contributed by atoms with E-state index in [0.29, 0.717) is 39.6 Å². The molecule has 0 aromatic rings. The van der Waals surface area contributed by atoms with Crippen LogP contribution in [-0.4, -0.2) is 63.1 Å². The predicted molar refractivity (Wildman–Crippen MR) is 48.0 cm³/mol. The number of hydrogen-bond acceptors (Lipinski definition) is 7. The van der Waals surface area contributed by atoms with Crippen LogP contribution in [0.4, 0.5) is 0 Å². The molecule has 2 N–H and O–H groups in total.